The molecule has 0 aliphatic heterocycles. The molecule has 0 unspecified atom stereocenters. The quantitative estimate of drug-likeness (QED) is 0.542. The van der Waals surface area contributed by atoms with Crippen molar-refractivity contribution in [2.75, 3.05) is 5.32 Å². The molecule has 2 N–H and O–H groups in total. The molecule has 130 valence electrons. The van der Waals surface area contributed by atoms with E-state index in [1.54, 1.807) is 24.3 Å². The highest BCUT2D eigenvalue weighted by molar-refractivity contribution is 7.20. The lowest BCUT2D eigenvalue weighted by Gasteiger charge is -2.11. The number of carbonyl (C=O) groups is 1. The summed E-state index contributed by atoms with van der Waals surface area (Å²) in [6.45, 7) is 0. The molecule has 26 heavy (non-hydrogen) atoms. The molecule has 1 aromatic carbocycles. The minimum Gasteiger partial charge on any atom is -0.320 e. The fraction of sp³-hybridized carbons (Fsp3) is 0. The topological polar surface area (TPSA) is 92.7 Å². The lowest BCUT2D eigenvalue weighted by atomic mass is 10.2. The molecule has 0 saturated carbocycles. The summed E-state index contributed by atoms with van der Waals surface area (Å²) in [6.07, 6.45) is 2.73. The van der Waals surface area contributed by atoms with Gasteiger partial charge < -0.3 is 10.3 Å². The highest BCUT2D eigenvalue weighted by atomic mass is 35.5. The number of fused-ring (bicyclic) bond motifs is 1. The number of carbonyl (C=O) groups excluding carboxylic acids is 1. The average molecular weight is 406 g/mol. The molecule has 0 spiro atoms. The first-order valence-electron chi connectivity index (χ1n) is 7.31. The Kier molecular flexibility index (Phi) is 4.23. The van der Waals surface area contributed by atoms with Crippen molar-refractivity contribution in [1.82, 2.24) is 19.7 Å². The number of nitrogens with zero attached hydrogens (tertiary/aromatic N) is 3. The number of para-hydroxylation sites is 2. The Morgan fingerprint density at radius 2 is 2.08 bits per heavy atom. The highest BCUT2D eigenvalue weighted by Crippen LogP contribution is 2.32. The van der Waals surface area contributed by atoms with Crippen LogP contribution in [0.5, 0.6) is 0 Å². The molecular formula is C16H9Cl2N5O2S. The van der Waals surface area contributed by atoms with Gasteiger partial charge in [0.25, 0.3) is 11.5 Å². The number of halogens is 2. The first kappa shape index (κ1) is 16.8. The number of aromatic nitrogens is 4. The largest absolute Gasteiger partial charge is 0.320 e. The van der Waals surface area contributed by atoms with Crippen molar-refractivity contribution < 1.29 is 4.79 Å². The van der Waals surface area contributed by atoms with E-state index in [-0.39, 0.29) is 11.1 Å². The molecule has 10 heteroatoms. The second kappa shape index (κ2) is 6.56. The number of hydrogen-bond donors (Lipinski definition) is 2. The third kappa shape index (κ3) is 2.88. The summed E-state index contributed by atoms with van der Waals surface area (Å²) >= 11 is 13.1. The minimum atomic E-state index is -0.395. The van der Waals surface area contributed by atoms with Crippen molar-refractivity contribution in [3.63, 3.8) is 0 Å². The maximum atomic E-state index is 12.5. The van der Waals surface area contributed by atoms with Crippen LogP contribution in [0, 0.1) is 0 Å². The van der Waals surface area contributed by atoms with Gasteiger partial charge in [0.05, 0.1) is 33.8 Å². The third-order valence-electron chi connectivity index (χ3n) is 3.65. The predicted molar refractivity (Wildman–Crippen MR) is 102 cm³/mol. The molecule has 0 atom stereocenters. The van der Waals surface area contributed by atoms with Crippen LogP contribution >= 0.6 is 34.5 Å². The third-order valence-corrected chi connectivity index (χ3v) is 5.14. The van der Waals surface area contributed by atoms with Crippen LogP contribution in [-0.2, 0) is 0 Å². The number of hydrogen-bond acceptors (Lipinski definition) is 5. The molecule has 0 bridgehead atoms. The molecule has 4 rings (SSSR count). The van der Waals surface area contributed by atoms with Gasteiger partial charge in [0.15, 0.2) is 5.65 Å². The Morgan fingerprint density at radius 3 is 2.85 bits per heavy atom. The molecular weight excluding hydrogens is 397 g/mol. The van der Waals surface area contributed by atoms with Crippen LogP contribution in [0.4, 0.5) is 5.69 Å². The van der Waals surface area contributed by atoms with Crippen LogP contribution in [0.15, 0.2) is 47.7 Å². The fourth-order valence-electron chi connectivity index (χ4n) is 2.48. The van der Waals surface area contributed by atoms with Crippen LogP contribution < -0.4 is 10.9 Å². The predicted octanol–water partition coefficient (Wildman–Crippen LogP) is 3.73. The zero-order valence-electron chi connectivity index (χ0n) is 12.9. The number of anilines is 1. The second-order valence-corrected chi connectivity index (χ2v) is 7.52. The van der Waals surface area contributed by atoms with E-state index in [9.17, 15) is 9.59 Å². The van der Waals surface area contributed by atoms with Gasteiger partial charge in [-0.3, -0.25) is 9.59 Å². The van der Waals surface area contributed by atoms with E-state index in [2.05, 4.69) is 20.4 Å². The molecule has 0 aliphatic rings. The summed E-state index contributed by atoms with van der Waals surface area (Å²) in [5.74, 6) is -0.395. The fourth-order valence-corrected chi connectivity index (χ4v) is 3.94. The summed E-state index contributed by atoms with van der Waals surface area (Å²) in [6, 6.07) is 8.55. The van der Waals surface area contributed by atoms with Crippen molar-refractivity contribution in [2.45, 2.75) is 0 Å². The maximum Gasteiger partial charge on any atom is 0.261 e. The van der Waals surface area contributed by atoms with Gasteiger partial charge in [-0.05, 0) is 18.2 Å². The standard InChI is InChI=1S/C16H9Cl2N5O2S/c17-12-5-8(13(18)26-12)16(25)22-10-3-1-2-4-11(10)23-14-9(6-21-23)15(24)20-7-19-14/h1-7H,(H,22,25)(H,19,20,24). The van der Waals surface area contributed by atoms with Crippen LogP contribution in [0.25, 0.3) is 16.7 Å². The first-order valence-corrected chi connectivity index (χ1v) is 8.89. The zero-order chi connectivity index (χ0) is 18.3. The van der Waals surface area contributed by atoms with E-state index in [1.165, 1.54) is 23.3 Å². The normalized spacial score (nSPS) is 11.0. The van der Waals surface area contributed by atoms with Gasteiger partial charge in [-0.25, -0.2) is 9.67 Å². The Labute approximate surface area is 160 Å². The summed E-state index contributed by atoms with van der Waals surface area (Å²) in [5.41, 5.74) is 1.43. The smallest absolute Gasteiger partial charge is 0.261 e. The lowest BCUT2D eigenvalue weighted by molar-refractivity contribution is 0.102. The highest BCUT2D eigenvalue weighted by Gasteiger charge is 2.17. The lowest BCUT2D eigenvalue weighted by Crippen LogP contribution is -2.14. The van der Waals surface area contributed by atoms with Gasteiger partial charge in [-0.2, -0.15) is 5.10 Å². The summed E-state index contributed by atoms with van der Waals surface area (Å²) < 4.78 is 2.22. The summed E-state index contributed by atoms with van der Waals surface area (Å²) in [5, 5.41) is 7.37. The Bertz CT molecular complexity index is 1200. The van der Waals surface area contributed by atoms with Gasteiger partial charge in [-0.15, -0.1) is 11.3 Å². The Balaban J connectivity index is 1.78. The van der Waals surface area contributed by atoms with Crippen LogP contribution in [0.3, 0.4) is 0 Å². The molecule has 1 amide bonds. The summed E-state index contributed by atoms with van der Waals surface area (Å²) in [7, 11) is 0. The van der Waals surface area contributed by atoms with E-state index < -0.39 is 5.91 Å². The van der Waals surface area contributed by atoms with Crippen molar-refractivity contribution in [1.29, 1.82) is 0 Å². The number of benzene rings is 1. The van der Waals surface area contributed by atoms with Gasteiger partial charge >= 0.3 is 0 Å². The molecule has 7 nitrogen and oxygen atoms in total. The first-order chi connectivity index (χ1) is 12.5. The number of amides is 1. The Hall–Kier alpha value is -2.68. The van der Waals surface area contributed by atoms with Crippen LogP contribution in [-0.4, -0.2) is 25.7 Å². The molecule has 3 aromatic heterocycles. The molecule has 3 heterocycles. The van der Waals surface area contributed by atoms with Crippen molar-refractivity contribution in [3.8, 4) is 5.69 Å². The zero-order valence-corrected chi connectivity index (χ0v) is 15.2. The number of rotatable bonds is 3. The monoisotopic (exact) mass is 405 g/mol. The van der Waals surface area contributed by atoms with Crippen molar-refractivity contribution >= 4 is 57.2 Å². The number of thiophene rings is 1. The van der Waals surface area contributed by atoms with Gasteiger partial charge in [0, 0.05) is 0 Å². The molecule has 0 radical (unpaired) electrons. The summed E-state index contributed by atoms with van der Waals surface area (Å²) in [4.78, 5) is 31.1. The number of nitrogens with one attached hydrogen (secondary N) is 2. The Morgan fingerprint density at radius 1 is 1.27 bits per heavy atom. The van der Waals surface area contributed by atoms with Crippen LogP contribution in [0.2, 0.25) is 8.67 Å². The van der Waals surface area contributed by atoms with E-state index in [1.807, 2.05) is 0 Å². The maximum absolute atomic E-state index is 12.5. The molecule has 0 saturated heterocycles. The van der Waals surface area contributed by atoms with Gasteiger partial charge in [0.1, 0.15) is 9.72 Å². The van der Waals surface area contributed by atoms with Crippen molar-refractivity contribution in [2.24, 2.45) is 0 Å². The number of H-pyrrole nitrogens is 1. The SMILES string of the molecule is O=C(Nc1ccccc1-n1ncc2c(=O)[nH]cnc21)c1cc(Cl)sc1Cl. The average Bonchev–Trinajstić information content (AvgIpc) is 3.19. The van der Waals surface area contributed by atoms with E-state index >= 15 is 0 Å². The van der Waals surface area contributed by atoms with Gasteiger partial charge in [0.2, 0.25) is 0 Å². The number of aromatic amines is 1. The minimum absolute atomic E-state index is 0.288. The van der Waals surface area contributed by atoms with E-state index in [4.69, 9.17) is 23.2 Å². The van der Waals surface area contributed by atoms with Crippen molar-refractivity contribution in [3.05, 3.63) is 67.4 Å². The second-order valence-electron chi connectivity index (χ2n) is 5.23. The van der Waals surface area contributed by atoms with Crippen LogP contribution in [0.1, 0.15) is 10.4 Å². The molecule has 4 aromatic rings. The molecule has 0 aliphatic carbocycles. The molecule has 0 fully saturated rings. The van der Waals surface area contributed by atoms with E-state index in [0.717, 1.165) is 11.3 Å². The van der Waals surface area contributed by atoms with E-state index in [0.29, 0.717) is 31.1 Å². The van der Waals surface area contributed by atoms with Gasteiger partial charge in [-0.1, -0.05) is 35.3 Å².